The van der Waals surface area contributed by atoms with E-state index >= 15 is 0 Å². The Hall–Kier alpha value is -1.88. The molecular formula is C10H10N2O3. The fourth-order valence-electron chi connectivity index (χ4n) is 1.67. The zero-order valence-electron chi connectivity index (χ0n) is 7.86. The molecule has 15 heavy (non-hydrogen) atoms. The molecule has 0 saturated carbocycles. The van der Waals surface area contributed by atoms with E-state index in [0.717, 1.165) is 5.56 Å². The molecule has 1 aliphatic heterocycles. The summed E-state index contributed by atoms with van der Waals surface area (Å²) in [4.78, 5) is 21.9. The van der Waals surface area contributed by atoms with E-state index in [9.17, 15) is 9.59 Å². The highest BCUT2D eigenvalue weighted by atomic mass is 16.4. The van der Waals surface area contributed by atoms with Crippen LogP contribution >= 0.6 is 0 Å². The number of fused-ring (bicyclic) bond motifs is 1. The average Bonchev–Trinajstić information content (AvgIpc) is 2.56. The van der Waals surface area contributed by atoms with Crippen molar-refractivity contribution < 1.29 is 14.7 Å². The Bertz CT molecular complexity index is 442. The molecule has 4 N–H and O–H groups in total. The number of hydrogen-bond donors (Lipinski definition) is 3. The van der Waals surface area contributed by atoms with E-state index in [0.29, 0.717) is 11.3 Å². The molecule has 1 atom stereocenters. The van der Waals surface area contributed by atoms with E-state index in [2.05, 4.69) is 5.32 Å². The number of aliphatic carboxylic acids is 1. The van der Waals surface area contributed by atoms with Gasteiger partial charge in [0.15, 0.2) is 0 Å². The molecule has 0 aliphatic carbocycles. The normalized spacial score (nSPS) is 15.7. The van der Waals surface area contributed by atoms with Gasteiger partial charge in [-0.2, -0.15) is 0 Å². The van der Waals surface area contributed by atoms with Gasteiger partial charge in [0.2, 0.25) is 5.91 Å². The first-order valence-corrected chi connectivity index (χ1v) is 4.49. The second kappa shape index (κ2) is 3.36. The largest absolute Gasteiger partial charge is 0.480 e. The van der Waals surface area contributed by atoms with Gasteiger partial charge < -0.3 is 16.2 Å². The van der Waals surface area contributed by atoms with Crippen LogP contribution in [0.2, 0.25) is 0 Å². The minimum atomic E-state index is -1.11. The van der Waals surface area contributed by atoms with Crippen LogP contribution in [0.3, 0.4) is 0 Å². The molecule has 0 fully saturated rings. The summed E-state index contributed by atoms with van der Waals surface area (Å²) in [7, 11) is 0. The third-order valence-electron chi connectivity index (χ3n) is 2.40. The minimum Gasteiger partial charge on any atom is -0.480 e. The van der Waals surface area contributed by atoms with Gasteiger partial charge in [-0.1, -0.05) is 18.2 Å². The van der Waals surface area contributed by atoms with Crippen molar-refractivity contribution in [3.8, 4) is 0 Å². The van der Waals surface area contributed by atoms with Crippen molar-refractivity contribution >= 4 is 17.6 Å². The molecule has 1 aliphatic rings. The van der Waals surface area contributed by atoms with E-state index in [1.165, 1.54) is 0 Å². The zero-order chi connectivity index (χ0) is 11.0. The van der Waals surface area contributed by atoms with Crippen molar-refractivity contribution in [1.29, 1.82) is 0 Å². The van der Waals surface area contributed by atoms with Crippen LogP contribution in [0, 0.1) is 0 Å². The minimum absolute atomic E-state index is 0.130. The average molecular weight is 206 g/mol. The van der Waals surface area contributed by atoms with Crippen molar-refractivity contribution in [2.45, 2.75) is 12.5 Å². The van der Waals surface area contributed by atoms with Crippen molar-refractivity contribution in [2.75, 3.05) is 5.32 Å². The van der Waals surface area contributed by atoms with E-state index in [1.54, 1.807) is 18.2 Å². The van der Waals surface area contributed by atoms with Gasteiger partial charge in [-0.05, 0) is 5.56 Å². The lowest BCUT2D eigenvalue weighted by Crippen LogP contribution is -2.21. The van der Waals surface area contributed by atoms with E-state index < -0.39 is 12.0 Å². The van der Waals surface area contributed by atoms with E-state index in [4.69, 9.17) is 10.8 Å². The molecule has 0 saturated heterocycles. The summed E-state index contributed by atoms with van der Waals surface area (Å²) in [5.74, 6) is -1.24. The number of amides is 1. The number of para-hydroxylation sites is 1. The molecule has 0 bridgehead atoms. The van der Waals surface area contributed by atoms with Gasteiger partial charge in [0.05, 0.1) is 6.42 Å². The van der Waals surface area contributed by atoms with Crippen LogP contribution in [0.4, 0.5) is 5.69 Å². The van der Waals surface area contributed by atoms with Crippen LogP contribution in [-0.4, -0.2) is 17.0 Å². The second-order valence-electron chi connectivity index (χ2n) is 3.42. The maximum absolute atomic E-state index is 11.1. The lowest BCUT2D eigenvalue weighted by atomic mass is 10.0. The highest BCUT2D eigenvalue weighted by Crippen LogP contribution is 2.30. The van der Waals surface area contributed by atoms with Crippen LogP contribution < -0.4 is 11.1 Å². The second-order valence-corrected chi connectivity index (χ2v) is 3.42. The molecule has 1 aromatic carbocycles. The number of carboxylic acids is 1. The fraction of sp³-hybridized carbons (Fsp3) is 0.200. The molecule has 1 unspecified atom stereocenters. The smallest absolute Gasteiger partial charge is 0.325 e. The summed E-state index contributed by atoms with van der Waals surface area (Å²) in [6, 6.07) is 4.00. The van der Waals surface area contributed by atoms with E-state index in [1.807, 2.05) is 0 Å². The van der Waals surface area contributed by atoms with Crippen LogP contribution in [0.1, 0.15) is 17.2 Å². The van der Waals surface area contributed by atoms with Gasteiger partial charge in [0.1, 0.15) is 6.04 Å². The Labute approximate surface area is 85.9 Å². The summed E-state index contributed by atoms with van der Waals surface area (Å²) in [6.45, 7) is 0. The quantitative estimate of drug-likeness (QED) is 0.647. The number of anilines is 1. The third kappa shape index (κ3) is 1.57. The lowest BCUT2D eigenvalue weighted by molar-refractivity contribution is -0.138. The number of carboxylic acid groups (broad SMARTS) is 1. The van der Waals surface area contributed by atoms with Crippen LogP contribution in [0.5, 0.6) is 0 Å². The van der Waals surface area contributed by atoms with Gasteiger partial charge in [-0.3, -0.25) is 9.59 Å². The topological polar surface area (TPSA) is 92.4 Å². The maximum Gasteiger partial charge on any atom is 0.325 e. The van der Waals surface area contributed by atoms with Crippen LogP contribution in [0.15, 0.2) is 18.2 Å². The number of rotatable bonds is 2. The number of carbonyl (C=O) groups is 2. The van der Waals surface area contributed by atoms with Gasteiger partial charge >= 0.3 is 5.97 Å². The first-order valence-electron chi connectivity index (χ1n) is 4.49. The Morgan fingerprint density at radius 2 is 2.27 bits per heavy atom. The monoisotopic (exact) mass is 206 g/mol. The lowest BCUT2D eigenvalue weighted by Gasteiger charge is -2.11. The van der Waals surface area contributed by atoms with Gasteiger partial charge in [-0.15, -0.1) is 0 Å². The molecule has 1 heterocycles. The first kappa shape index (κ1) is 9.67. The fourth-order valence-corrected chi connectivity index (χ4v) is 1.67. The number of carbonyl (C=O) groups excluding carboxylic acids is 1. The van der Waals surface area contributed by atoms with Gasteiger partial charge in [0, 0.05) is 11.3 Å². The Morgan fingerprint density at radius 3 is 2.93 bits per heavy atom. The highest BCUT2D eigenvalue weighted by molar-refractivity contribution is 6.01. The van der Waals surface area contributed by atoms with Crippen molar-refractivity contribution in [1.82, 2.24) is 0 Å². The van der Waals surface area contributed by atoms with Crippen molar-refractivity contribution in [3.05, 3.63) is 29.3 Å². The van der Waals surface area contributed by atoms with Crippen LogP contribution in [0.25, 0.3) is 0 Å². The summed E-state index contributed by atoms with van der Waals surface area (Å²) in [5.41, 5.74) is 7.31. The molecule has 2 rings (SSSR count). The molecule has 78 valence electrons. The summed E-state index contributed by atoms with van der Waals surface area (Å²) in [5, 5.41) is 11.4. The summed E-state index contributed by atoms with van der Waals surface area (Å²) in [6.07, 6.45) is 0.287. The number of nitrogens with two attached hydrogens (primary N) is 1. The molecule has 0 spiro atoms. The molecule has 5 nitrogen and oxygen atoms in total. The van der Waals surface area contributed by atoms with E-state index in [-0.39, 0.29) is 12.3 Å². The molecule has 0 radical (unpaired) electrons. The Balaban J connectivity index is 2.47. The third-order valence-corrected chi connectivity index (χ3v) is 2.40. The Kier molecular flexibility index (Phi) is 2.17. The Morgan fingerprint density at radius 1 is 1.53 bits per heavy atom. The van der Waals surface area contributed by atoms with Crippen LogP contribution in [-0.2, 0) is 16.0 Å². The zero-order valence-corrected chi connectivity index (χ0v) is 7.86. The standard InChI is InChI=1S/C10H10N2O3/c11-8(10(14)15)6-3-1-2-5-4-7(13)12-9(5)6/h1-3,8H,4,11H2,(H,12,13)(H,14,15). The van der Waals surface area contributed by atoms with Gasteiger partial charge in [-0.25, -0.2) is 0 Å². The summed E-state index contributed by atoms with van der Waals surface area (Å²) < 4.78 is 0. The molecule has 5 heteroatoms. The number of hydrogen-bond acceptors (Lipinski definition) is 3. The van der Waals surface area contributed by atoms with Gasteiger partial charge in [0.25, 0.3) is 0 Å². The molecule has 0 aromatic heterocycles. The molecular weight excluding hydrogens is 196 g/mol. The predicted octanol–water partition coefficient (Wildman–Crippen LogP) is 0.266. The maximum atomic E-state index is 11.1. The molecule has 1 amide bonds. The molecule has 1 aromatic rings. The van der Waals surface area contributed by atoms with Crippen molar-refractivity contribution in [3.63, 3.8) is 0 Å². The summed E-state index contributed by atoms with van der Waals surface area (Å²) >= 11 is 0. The SMILES string of the molecule is NC(C(=O)O)c1cccc2c1NC(=O)C2. The first-order chi connectivity index (χ1) is 7.09. The van der Waals surface area contributed by atoms with Crippen molar-refractivity contribution in [2.24, 2.45) is 5.73 Å². The highest BCUT2D eigenvalue weighted by Gasteiger charge is 2.25. The predicted molar refractivity (Wildman–Crippen MR) is 53.3 cm³/mol. The number of benzene rings is 1. The number of nitrogens with one attached hydrogen (secondary N) is 1.